The number of likely N-dealkylation sites (N-methyl/N-ethyl adjacent to an activating group) is 1. The molecule has 0 aliphatic carbocycles. The summed E-state index contributed by atoms with van der Waals surface area (Å²) < 4.78 is 5.60. The van der Waals surface area contributed by atoms with Crippen molar-refractivity contribution in [3.8, 4) is 0 Å². The van der Waals surface area contributed by atoms with Crippen molar-refractivity contribution >= 4 is 28.8 Å². The maximum absolute atomic E-state index is 11.8. The van der Waals surface area contributed by atoms with E-state index >= 15 is 0 Å². The SMILES string of the molecule is CN1CCN([I-]CN2CCN(I)CC2)C(=O)C1. The third-order valence-electron chi connectivity index (χ3n) is 3.04. The van der Waals surface area contributed by atoms with Gasteiger partial charge in [0.05, 0.1) is 0 Å². The van der Waals surface area contributed by atoms with Crippen molar-refractivity contribution < 1.29 is 26.3 Å². The van der Waals surface area contributed by atoms with Crippen LogP contribution in [0, 0.1) is 0 Å². The van der Waals surface area contributed by atoms with Gasteiger partial charge in [0, 0.05) is 0 Å². The summed E-state index contributed by atoms with van der Waals surface area (Å²) in [5.74, 6) is 0.332. The Bertz CT molecular complexity index is 271. The second kappa shape index (κ2) is 6.83. The molecule has 0 bridgehead atoms. The molecule has 0 aromatic heterocycles. The molecule has 0 aromatic rings. The van der Waals surface area contributed by atoms with E-state index < -0.39 is 0 Å². The second-order valence-corrected chi connectivity index (χ2v) is 8.38. The summed E-state index contributed by atoms with van der Waals surface area (Å²) in [4.78, 5) is 16.4. The van der Waals surface area contributed by atoms with Crippen LogP contribution in [0.25, 0.3) is 0 Å². The number of halogens is 2. The number of hydrogen-bond acceptors (Lipinski definition) is 4. The number of alkyl halides is 1. The first-order valence-corrected chi connectivity index (χ1v) is 9.32. The van der Waals surface area contributed by atoms with Gasteiger partial charge in [0.2, 0.25) is 0 Å². The van der Waals surface area contributed by atoms with E-state index in [-0.39, 0.29) is 21.5 Å². The topological polar surface area (TPSA) is 30.0 Å². The van der Waals surface area contributed by atoms with Crippen molar-refractivity contribution in [3.05, 3.63) is 0 Å². The molecule has 0 unspecified atom stereocenters. The quantitative estimate of drug-likeness (QED) is 0.189. The molecule has 2 heterocycles. The van der Waals surface area contributed by atoms with Crippen LogP contribution in [-0.4, -0.2) is 79.3 Å². The summed E-state index contributed by atoms with van der Waals surface area (Å²) in [6.45, 7) is 7.21. The van der Waals surface area contributed by atoms with Gasteiger partial charge in [-0.05, 0) is 0 Å². The van der Waals surface area contributed by atoms with Crippen molar-refractivity contribution in [2.75, 3.05) is 57.4 Å². The molecule has 2 aliphatic heterocycles. The molecule has 0 radical (unpaired) electrons. The Morgan fingerprint density at radius 3 is 2.53 bits per heavy atom. The van der Waals surface area contributed by atoms with E-state index in [1.54, 1.807) is 0 Å². The number of rotatable bonds is 3. The van der Waals surface area contributed by atoms with Crippen molar-refractivity contribution in [1.82, 2.24) is 16.0 Å². The molecule has 2 fully saturated rings. The first-order valence-electron chi connectivity index (χ1n) is 5.86. The van der Waals surface area contributed by atoms with E-state index in [0.717, 1.165) is 43.8 Å². The van der Waals surface area contributed by atoms with E-state index in [4.69, 9.17) is 0 Å². The normalized spacial score (nSPS) is 25.8. The van der Waals surface area contributed by atoms with E-state index in [2.05, 4.69) is 38.9 Å². The number of hydrogen-bond donors (Lipinski definition) is 0. The zero-order chi connectivity index (χ0) is 12.3. The Hall–Kier alpha value is 0.810. The zero-order valence-electron chi connectivity index (χ0n) is 10.1. The number of nitrogens with zero attached hydrogens (tertiary/aromatic N) is 4. The molecule has 0 spiro atoms. The molecule has 1 amide bonds. The fourth-order valence-corrected chi connectivity index (χ4v) is 4.88. The number of piperazine rings is 2. The molecule has 2 aliphatic rings. The van der Waals surface area contributed by atoms with Crippen LogP contribution >= 0.6 is 22.9 Å². The van der Waals surface area contributed by atoms with E-state index in [1.165, 1.54) is 0 Å². The molecule has 0 atom stereocenters. The number of carbonyl (C=O) groups excluding carboxylic acids is 1. The predicted molar refractivity (Wildman–Crippen MR) is 71.2 cm³/mol. The molecule has 100 valence electrons. The van der Waals surface area contributed by atoms with Gasteiger partial charge in [-0.25, -0.2) is 0 Å². The summed E-state index contributed by atoms with van der Waals surface area (Å²) in [7, 11) is 2.02. The standard InChI is InChI=1S/C10H19I2N4O/c1-13-2-7-16(10(17)8-13)12-9-14-3-5-15(11)6-4-14/h2-9H2,1H3/q-1. The van der Waals surface area contributed by atoms with Crippen LogP contribution in [0.1, 0.15) is 0 Å². The van der Waals surface area contributed by atoms with Gasteiger partial charge in [0.1, 0.15) is 0 Å². The summed E-state index contributed by atoms with van der Waals surface area (Å²) in [5.41, 5.74) is 0. The van der Waals surface area contributed by atoms with Gasteiger partial charge in [-0.2, -0.15) is 0 Å². The Labute approximate surface area is 128 Å². The summed E-state index contributed by atoms with van der Waals surface area (Å²) in [6.07, 6.45) is 0. The minimum atomic E-state index is -0.134. The molecule has 0 saturated carbocycles. The van der Waals surface area contributed by atoms with Crippen molar-refractivity contribution in [1.29, 1.82) is 0 Å². The van der Waals surface area contributed by atoms with Crippen LogP contribution in [0.2, 0.25) is 0 Å². The number of amides is 1. The van der Waals surface area contributed by atoms with Crippen LogP contribution in [0.15, 0.2) is 0 Å². The number of carbonyl (C=O) groups is 1. The molecule has 2 rings (SSSR count). The van der Waals surface area contributed by atoms with Crippen LogP contribution in [-0.2, 0) is 4.79 Å². The Kier molecular flexibility index (Phi) is 5.71. The molecule has 0 aromatic carbocycles. The van der Waals surface area contributed by atoms with E-state index in [1.807, 2.05) is 7.05 Å². The molecule has 5 nitrogen and oxygen atoms in total. The third kappa shape index (κ3) is 4.44. The van der Waals surface area contributed by atoms with Crippen molar-refractivity contribution in [2.24, 2.45) is 0 Å². The molecular formula is C10H19I2N4O-. The van der Waals surface area contributed by atoms with Gasteiger partial charge < -0.3 is 0 Å². The monoisotopic (exact) mass is 465 g/mol. The van der Waals surface area contributed by atoms with Gasteiger partial charge in [0.25, 0.3) is 0 Å². The molecular weight excluding hydrogens is 446 g/mol. The Morgan fingerprint density at radius 2 is 1.88 bits per heavy atom. The Balaban J connectivity index is 1.69. The van der Waals surface area contributed by atoms with Crippen molar-refractivity contribution in [3.63, 3.8) is 0 Å². The fourth-order valence-electron chi connectivity index (χ4n) is 1.88. The Morgan fingerprint density at radius 1 is 1.18 bits per heavy atom. The minimum absolute atomic E-state index is 0.134. The van der Waals surface area contributed by atoms with Gasteiger partial charge in [0.15, 0.2) is 0 Å². The van der Waals surface area contributed by atoms with Gasteiger partial charge >= 0.3 is 128 Å². The molecule has 0 N–H and O–H groups in total. The molecule has 17 heavy (non-hydrogen) atoms. The second-order valence-electron chi connectivity index (χ2n) is 4.48. The summed E-state index contributed by atoms with van der Waals surface area (Å²) in [5, 5.41) is 0. The molecule has 7 heteroatoms. The first-order chi connectivity index (χ1) is 8.15. The van der Waals surface area contributed by atoms with Crippen LogP contribution in [0.3, 0.4) is 0 Å². The summed E-state index contributed by atoms with van der Waals surface area (Å²) >= 11 is 2.26. The average Bonchev–Trinajstić information content (AvgIpc) is 2.30. The zero-order valence-corrected chi connectivity index (χ0v) is 14.4. The van der Waals surface area contributed by atoms with Crippen molar-refractivity contribution in [2.45, 2.75) is 0 Å². The van der Waals surface area contributed by atoms with Crippen LogP contribution in [0.5, 0.6) is 0 Å². The van der Waals surface area contributed by atoms with Gasteiger partial charge in [-0.3, -0.25) is 0 Å². The first kappa shape index (κ1) is 14.2. The van der Waals surface area contributed by atoms with Crippen LogP contribution < -0.4 is 21.5 Å². The molecule has 2 saturated heterocycles. The maximum atomic E-state index is 11.8. The van der Waals surface area contributed by atoms with Gasteiger partial charge in [-0.15, -0.1) is 0 Å². The van der Waals surface area contributed by atoms with E-state index in [0.29, 0.717) is 12.5 Å². The summed E-state index contributed by atoms with van der Waals surface area (Å²) in [6, 6.07) is 0. The van der Waals surface area contributed by atoms with Crippen LogP contribution in [0.4, 0.5) is 0 Å². The third-order valence-corrected chi connectivity index (χ3v) is 7.12. The van der Waals surface area contributed by atoms with Gasteiger partial charge in [-0.1, -0.05) is 0 Å². The fraction of sp³-hybridized carbons (Fsp3) is 0.900. The van der Waals surface area contributed by atoms with E-state index in [9.17, 15) is 4.79 Å². The predicted octanol–water partition coefficient (Wildman–Crippen LogP) is -3.31. The average molecular weight is 465 g/mol.